The van der Waals surface area contributed by atoms with Crippen LogP contribution in [0.4, 0.5) is 0 Å². The van der Waals surface area contributed by atoms with Gasteiger partial charge in [-0.3, -0.25) is 4.98 Å². The normalized spacial score (nSPS) is 14.6. The van der Waals surface area contributed by atoms with Crippen LogP contribution >= 0.6 is 0 Å². The fraction of sp³-hybridized carbons (Fsp3) is 0.235. The van der Waals surface area contributed by atoms with Crippen molar-refractivity contribution >= 4 is 11.1 Å². The zero-order valence-corrected chi connectivity index (χ0v) is 10.9. The first-order valence-corrected chi connectivity index (χ1v) is 6.47. The summed E-state index contributed by atoms with van der Waals surface area (Å²) in [7, 11) is 0. The van der Waals surface area contributed by atoms with Gasteiger partial charge >= 0.3 is 0 Å². The summed E-state index contributed by atoms with van der Waals surface area (Å²) in [6.07, 6.45) is 4.11. The first-order chi connectivity index (χ1) is 8.77. The van der Waals surface area contributed by atoms with Crippen LogP contribution in [0.5, 0.6) is 0 Å². The van der Waals surface area contributed by atoms with E-state index in [2.05, 4.69) is 49.2 Å². The van der Waals surface area contributed by atoms with Crippen molar-refractivity contribution in [2.45, 2.75) is 26.7 Å². The Morgan fingerprint density at radius 1 is 0.944 bits per heavy atom. The number of nitrogens with zero attached hydrogens (tertiary/aromatic N) is 1. The van der Waals surface area contributed by atoms with Gasteiger partial charge in [0.15, 0.2) is 0 Å². The molecule has 1 heteroatoms. The van der Waals surface area contributed by atoms with E-state index in [-0.39, 0.29) is 0 Å². The molecule has 1 aromatic heterocycles. The summed E-state index contributed by atoms with van der Waals surface area (Å²) in [5.41, 5.74) is 8.09. The van der Waals surface area contributed by atoms with Crippen LogP contribution < -0.4 is 0 Å². The molecule has 3 rings (SSSR count). The maximum atomic E-state index is 4.57. The number of hydrogen-bond acceptors (Lipinski definition) is 1. The van der Waals surface area contributed by atoms with Crippen molar-refractivity contribution in [2.24, 2.45) is 0 Å². The van der Waals surface area contributed by atoms with E-state index in [1.165, 1.54) is 33.5 Å². The number of rotatable bonds is 1. The van der Waals surface area contributed by atoms with Gasteiger partial charge < -0.3 is 0 Å². The number of benzene rings is 1. The molecule has 2 aromatic rings. The summed E-state index contributed by atoms with van der Waals surface area (Å²) >= 11 is 0. The van der Waals surface area contributed by atoms with Crippen LogP contribution in [0.15, 0.2) is 42.6 Å². The summed E-state index contributed by atoms with van der Waals surface area (Å²) < 4.78 is 0. The minimum absolute atomic E-state index is 1.10. The molecule has 0 saturated heterocycles. The molecule has 0 saturated carbocycles. The minimum atomic E-state index is 1.10. The highest BCUT2D eigenvalue weighted by molar-refractivity contribution is 5.92. The lowest BCUT2D eigenvalue weighted by atomic mass is 9.84. The van der Waals surface area contributed by atoms with Crippen LogP contribution in [0.25, 0.3) is 11.1 Å². The average Bonchev–Trinajstić information content (AvgIpc) is 2.41. The Morgan fingerprint density at radius 2 is 1.78 bits per heavy atom. The first kappa shape index (κ1) is 11.2. The molecule has 0 bridgehead atoms. The molecule has 0 atom stereocenters. The van der Waals surface area contributed by atoms with Crippen LogP contribution in [0.1, 0.15) is 35.7 Å². The van der Waals surface area contributed by atoms with Gasteiger partial charge in [0.1, 0.15) is 0 Å². The third-order valence-corrected chi connectivity index (χ3v) is 3.81. The molecule has 0 fully saturated rings. The third kappa shape index (κ3) is 1.76. The molecule has 0 aliphatic heterocycles. The molecule has 0 unspecified atom stereocenters. The molecule has 1 aliphatic rings. The van der Waals surface area contributed by atoms with Crippen LogP contribution in [0.3, 0.4) is 0 Å². The number of aryl methyl sites for hydroxylation is 2. The number of hydrogen-bond donors (Lipinski definition) is 0. The fourth-order valence-corrected chi connectivity index (χ4v) is 2.81. The maximum absolute atomic E-state index is 4.57. The number of fused-ring (bicyclic) bond motifs is 1. The Kier molecular flexibility index (Phi) is 2.75. The maximum Gasteiger partial charge on any atom is 0.0693 e. The van der Waals surface area contributed by atoms with Crippen LogP contribution in [-0.2, 0) is 6.42 Å². The van der Waals surface area contributed by atoms with E-state index in [1.807, 2.05) is 12.3 Å². The molecule has 0 N–H and O–H groups in total. The van der Waals surface area contributed by atoms with E-state index in [0.29, 0.717) is 0 Å². The van der Waals surface area contributed by atoms with E-state index < -0.39 is 0 Å². The van der Waals surface area contributed by atoms with Gasteiger partial charge in [0.2, 0.25) is 0 Å². The smallest absolute Gasteiger partial charge is 0.0693 e. The average molecular weight is 235 g/mol. The van der Waals surface area contributed by atoms with Crippen molar-refractivity contribution in [1.82, 2.24) is 4.98 Å². The van der Waals surface area contributed by atoms with Crippen molar-refractivity contribution in [3.05, 3.63) is 65.0 Å². The van der Waals surface area contributed by atoms with E-state index in [0.717, 1.165) is 12.8 Å². The quantitative estimate of drug-likeness (QED) is 0.719. The van der Waals surface area contributed by atoms with E-state index in [4.69, 9.17) is 0 Å². The molecule has 18 heavy (non-hydrogen) atoms. The molecular weight excluding hydrogens is 218 g/mol. The van der Waals surface area contributed by atoms with Gasteiger partial charge in [0.05, 0.1) is 5.69 Å². The van der Waals surface area contributed by atoms with Crippen molar-refractivity contribution < 1.29 is 0 Å². The molecule has 1 heterocycles. The standard InChI is InChI=1S/C17H17N/c1-12-6-5-11-18-17(12)16-10-9-14-7-3-4-8-15(14)13(16)2/h3-8,11H,9-10H2,1-2H3. The van der Waals surface area contributed by atoms with Gasteiger partial charge in [-0.1, -0.05) is 30.3 Å². The van der Waals surface area contributed by atoms with Crippen molar-refractivity contribution in [1.29, 1.82) is 0 Å². The molecule has 1 aliphatic carbocycles. The minimum Gasteiger partial charge on any atom is -0.256 e. The number of pyridine rings is 1. The molecule has 0 amide bonds. The Morgan fingerprint density at radius 3 is 2.61 bits per heavy atom. The Labute approximate surface area is 108 Å². The Bertz CT molecular complexity index is 623. The molecule has 1 nitrogen and oxygen atoms in total. The topological polar surface area (TPSA) is 12.9 Å². The largest absolute Gasteiger partial charge is 0.256 e. The van der Waals surface area contributed by atoms with Crippen LogP contribution in [0, 0.1) is 6.92 Å². The summed E-state index contributed by atoms with van der Waals surface area (Å²) in [5.74, 6) is 0. The summed E-state index contributed by atoms with van der Waals surface area (Å²) in [4.78, 5) is 4.57. The Balaban J connectivity index is 2.18. The lowest BCUT2D eigenvalue weighted by Crippen LogP contribution is -2.05. The number of allylic oxidation sites excluding steroid dienone is 2. The van der Waals surface area contributed by atoms with Crippen LogP contribution in [-0.4, -0.2) is 4.98 Å². The van der Waals surface area contributed by atoms with Gasteiger partial charge in [0, 0.05) is 6.20 Å². The Hall–Kier alpha value is -1.89. The second-order valence-electron chi connectivity index (χ2n) is 4.93. The number of aromatic nitrogens is 1. The summed E-state index contributed by atoms with van der Waals surface area (Å²) in [5, 5.41) is 0. The lowest BCUT2D eigenvalue weighted by molar-refractivity contribution is 0.977. The van der Waals surface area contributed by atoms with Crippen molar-refractivity contribution in [3.63, 3.8) is 0 Å². The van der Waals surface area contributed by atoms with Crippen molar-refractivity contribution in [3.8, 4) is 0 Å². The second kappa shape index (κ2) is 4.41. The van der Waals surface area contributed by atoms with Gasteiger partial charge in [-0.2, -0.15) is 0 Å². The van der Waals surface area contributed by atoms with Gasteiger partial charge in [-0.05, 0) is 60.6 Å². The molecule has 0 spiro atoms. The second-order valence-corrected chi connectivity index (χ2v) is 4.93. The highest BCUT2D eigenvalue weighted by Crippen LogP contribution is 2.36. The summed E-state index contributed by atoms with van der Waals surface area (Å²) in [6.45, 7) is 4.37. The molecule has 1 aromatic carbocycles. The van der Waals surface area contributed by atoms with E-state index in [9.17, 15) is 0 Å². The zero-order valence-electron chi connectivity index (χ0n) is 10.9. The van der Waals surface area contributed by atoms with Gasteiger partial charge in [-0.25, -0.2) is 0 Å². The molecular formula is C17H17N. The first-order valence-electron chi connectivity index (χ1n) is 6.47. The lowest BCUT2D eigenvalue weighted by Gasteiger charge is -2.21. The van der Waals surface area contributed by atoms with Crippen LogP contribution in [0.2, 0.25) is 0 Å². The predicted octanol–water partition coefficient (Wildman–Crippen LogP) is 4.27. The monoisotopic (exact) mass is 235 g/mol. The fourth-order valence-electron chi connectivity index (χ4n) is 2.81. The van der Waals surface area contributed by atoms with E-state index >= 15 is 0 Å². The van der Waals surface area contributed by atoms with Gasteiger partial charge in [-0.15, -0.1) is 0 Å². The van der Waals surface area contributed by atoms with E-state index in [1.54, 1.807) is 0 Å². The molecule has 0 radical (unpaired) electrons. The predicted molar refractivity (Wildman–Crippen MR) is 76.2 cm³/mol. The zero-order chi connectivity index (χ0) is 12.5. The molecule has 90 valence electrons. The highest BCUT2D eigenvalue weighted by atomic mass is 14.7. The van der Waals surface area contributed by atoms with Crippen molar-refractivity contribution in [2.75, 3.05) is 0 Å². The SMILES string of the molecule is CC1=C(c2ncccc2C)CCc2ccccc21. The summed E-state index contributed by atoms with van der Waals surface area (Å²) in [6, 6.07) is 12.9. The van der Waals surface area contributed by atoms with Gasteiger partial charge in [0.25, 0.3) is 0 Å². The highest BCUT2D eigenvalue weighted by Gasteiger charge is 2.18. The third-order valence-electron chi connectivity index (χ3n) is 3.81.